The predicted octanol–water partition coefficient (Wildman–Crippen LogP) is 3.84. The van der Waals surface area contributed by atoms with Crippen LogP contribution in [0.2, 0.25) is 0 Å². The topological polar surface area (TPSA) is 82.3 Å². The number of anilines is 1. The lowest BCUT2D eigenvalue weighted by molar-refractivity contribution is 0.102. The summed E-state index contributed by atoms with van der Waals surface area (Å²) in [5.41, 5.74) is 1.74. The molecule has 0 aliphatic rings. The molecular formula is C25H23N3O4. The van der Waals surface area contributed by atoms with Crippen LogP contribution in [0.15, 0.2) is 76.3 Å². The maximum Gasteiger partial charge on any atom is 0.316 e. The van der Waals surface area contributed by atoms with Gasteiger partial charge in [0.2, 0.25) is 0 Å². The minimum Gasteiger partial charge on any atom is -0.455 e. The zero-order chi connectivity index (χ0) is 22.8. The van der Waals surface area contributed by atoms with Gasteiger partial charge in [0.05, 0.1) is 16.7 Å². The summed E-state index contributed by atoms with van der Waals surface area (Å²) in [7, 11) is 3.06. The van der Waals surface area contributed by atoms with Crippen LogP contribution in [0, 0.1) is 0 Å². The molecule has 0 saturated carbocycles. The molecule has 0 aliphatic carbocycles. The molecule has 7 heteroatoms. The fourth-order valence-electron chi connectivity index (χ4n) is 3.48. The molecule has 1 heterocycles. The number of nitrogens with one attached hydrogen (secondary N) is 1. The molecule has 4 rings (SSSR count). The maximum atomic E-state index is 12.9. The number of para-hydroxylation sites is 1. The lowest BCUT2D eigenvalue weighted by Crippen LogP contribution is -2.39. The van der Waals surface area contributed by atoms with Crippen molar-refractivity contribution in [1.82, 2.24) is 9.13 Å². The van der Waals surface area contributed by atoms with E-state index in [1.165, 1.54) is 23.2 Å². The van der Waals surface area contributed by atoms with Crippen molar-refractivity contribution in [3.05, 3.63) is 98.6 Å². The van der Waals surface area contributed by atoms with Crippen molar-refractivity contribution in [2.24, 2.45) is 14.1 Å². The SMILES string of the molecule is CCc1ccc(C(=O)Nc2cc3c(cc2Oc2ccccc2)n(C)c(=O)c(=O)n3C)cc1. The van der Waals surface area contributed by atoms with Gasteiger partial charge in [-0.05, 0) is 42.3 Å². The van der Waals surface area contributed by atoms with Crippen molar-refractivity contribution in [2.75, 3.05) is 5.32 Å². The summed E-state index contributed by atoms with van der Waals surface area (Å²) < 4.78 is 8.59. The molecule has 7 nitrogen and oxygen atoms in total. The van der Waals surface area contributed by atoms with Gasteiger partial charge in [0.15, 0.2) is 5.75 Å². The van der Waals surface area contributed by atoms with Gasteiger partial charge >= 0.3 is 11.1 Å². The Kier molecular flexibility index (Phi) is 5.64. The van der Waals surface area contributed by atoms with Gasteiger partial charge in [0, 0.05) is 25.7 Å². The molecule has 0 saturated heterocycles. The van der Waals surface area contributed by atoms with Crippen molar-refractivity contribution < 1.29 is 9.53 Å². The molecule has 3 aromatic carbocycles. The Labute approximate surface area is 184 Å². The largest absolute Gasteiger partial charge is 0.455 e. The number of ether oxygens (including phenoxy) is 1. The zero-order valence-corrected chi connectivity index (χ0v) is 18.1. The summed E-state index contributed by atoms with van der Waals surface area (Å²) in [4.78, 5) is 37.5. The minimum atomic E-state index is -0.649. The van der Waals surface area contributed by atoms with Crippen LogP contribution in [0.5, 0.6) is 11.5 Å². The van der Waals surface area contributed by atoms with Crippen LogP contribution >= 0.6 is 0 Å². The molecule has 0 spiro atoms. The molecule has 0 radical (unpaired) electrons. The van der Waals surface area contributed by atoms with Crippen LogP contribution in [-0.2, 0) is 20.5 Å². The third kappa shape index (κ3) is 3.92. The summed E-state index contributed by atoms with van der Waals surface area (Å²) in [6, 6.07) is 19.8. The average Bonchev–Trinajstić information content (AvgIpc) is 2.82. The van der Waals surface area contributed by atoms with E-state index >= 15 is 0 Å². The lowest BCUT2D eigenvalue weighted by Gasteiger charge is -2.16. The highest BCUT2D eigenvalue weighted by molar-refractivity contribution is 6.06. The van der Waals surface area contributed by atoms with E-state index in [2.05, 4.69) is 12.2 Å². The molecular weight excluding hydrogens is 406 g/mol. The Morgan fingerprint density at radius 1 is 0.875 bits per heavy atom. The molecule has 1 N–H and O–H groups in total. The quantitative estimate of drug-likeness (QED) is 0.489. The van der Waals surface area contributed by atoms with E-state index < -0.39 is 11.1 Å². The molecule has 162 valence electrons. The second-order valence-corrected chi connectivity index (χ2v) is 7.49. The first-order valence-electron chi connectivity index (χ1n) is 10.3. The molecule has 0 fully saturated rings. The monoisotopic (exact) mass is 429 g/mol. The summed E-state index contributed by atoms with van der Waals surface area (Å²) in [5.74, 6) is 0.625. The number of hydrogen-bond acceptors (Lipinski definition) is 4. The van der Waals surface area contributed by atoms with E-state index in [1.54, 1.807) is 36.4 Å². The van der Waals surface area contributed by atoms with Gasteiger partial charge in [-0.2, -0.15) is 0 Å². The van der Waals surface area contributed by atoms with Gasteiger partial charge in [0.1, 0.15) is 5.75 Å². The Balaban J connectivity index is 1.84. The standard InChI is InChI=1S/C25H23N3O4/c1-4-16-10-12-17(13-11-16)23(29)26-19-14-20-21(28(3)25(31)24(30)27(20)2)15-22(19)32-18-8-6-5-7-9-18/h5-15H,4H2,1-3H3,(H,26,29). The van der Waals surface area contributed by atoms with Gasteiger partial charge in [-0.15, -0.1) is 0 Å². The van der Waals surface area contributed by atoms with Crippen LogP contribution < -0.4 is 21.2 Å². The minimum absolute atomic E-state index is 0.306. The van der Waals surface area contributed by atoms with Gasteiger partial charge in [-0.3, -0.25) is 14.4 Å². The van der Waals surface area contributed by atoms with Crippen LogP contribution in [-0.4, -0.2) is 15.0 Å². The molecule has 0 atom stereocenters. The molecule has 1 amide bonds. The number of hydrogen-bond donors (Lipinski definition) is 1. The molecule has 4 aromatic rings. The highest BCUT2D eigenvalue weighted by atomic mass is 16.5. The Morgan fingerprint density at radius 2 is 1.47 bits per heavy atom. The van der Waals surface area contributed by atoms with Crippen molar-refractivity contribution in [3.8, 4) is 11.5 Å². The van der Waals surface area contributed by atoms with E-state index in [0.717, 1.165) is 12.0 Å². The molecule has 32 heavy (non-hydrogen) atoms. The van der Waals surface area contributed by atoms with Crippen LogP contribution in [0.25, 0.3) is 11.0 Å². The van der Waals surface area contributed by atoms with Gasteiger partial charge in [-0.1, -0.05) is 37.3 Å². The van der Waals surface area contributed by atoms with Gasteiger partial charge in [-0.25, -0.2) is 0 Å². The number of amides is 1. The summed E-state index contributed by atoms with van der Waals surface area (Å²) >= 11 is 0. The number of fused-ring (bicyclic) bond motifs is 1. The molecule has 0 bridgehead atoms. The maximum absolute atomic E-state index is 12.9. The van der Waals surface area contributed by atoms with Crippen molar-refractivity contribution in [3.63, 3.8) is 0 Å². The van der Waals surface area contributed by atoms with Crippen LogP contribution in [0.3, 0.4) is 0 Å². The lowest BCUT2D eigenvalue weighted by atomic mass is 10.1. The van der Waals surface area contributed by atoms with E-state index in [4.69, 9.17) is 4.74 Å². The first-order chi connectivity index (χ1) is 15.4. The van der Waals surface area contributed by atoms with Gasteiger partial charge in [0.25, 0.3) is 5.91 Å². The van der Waals surface area contributed by atoms with Crippen LogP contribution in [0.1, 0.15) is 22.8 Å². The normalized spacial score (nSPS) is 10.8. The highest BCUT2D eigenvalue weighted by Crippen LogP contribution is 2.33. The van der Waals surface area contributed by atoms with Gasteiger partial charge < -0.3 is 19.2 Å². The van der Waals surface area contributed by atoms with Crippen molar-refractivity contribution in [1.29, 1.82) is 0 Å². The number of carbonyl (C=O) groups is 1. The number of rotatable bonds is 5. The van der Waals surface area contributed by atoms with E-state index in [9.17, 15) is 14.4 Å². The fraction of sp³-hybridized carbons (Fsp3) is 0.160. The summed E-state index contributed by atoms with van der Waals surface area (Å²) in [6.07, 6.45) is 0.883. The van der Waals surface area contributed by atoms with E-state index in [-0.39, 0.29) is 5.91 Å². The third-order valence-electron chi connectivity index (χ3n) is 5.44. The Morgan fingerprint density at radius 3 is 2.06 bits per heavy atom. The average molecular weight is 429 g/mol. The smallest absolute Gasteiger partial charge is 0.316 e. The van der Waals surface area contributed by atoms with Crippen molar-refractivity contribution >= 4 is 22.6 Å². The third-order valence-corrected chi connectivity index (χ3v) is 5.44. The predicted molar refractivity (Wildman–Crippen MR) is 125 cm³/mol. The fourth-order valence-corrected chi connectivity index (χ4v) is 3.48. The molecule has 0 unspecified atom stereocenters. The second kappa shape index (κ2) is 8.55. The summed E-state index contributed by atoms with van der Waals surface area (Å²) in [6.45, 7) is 2.05. The Hall–Kier alpha value is -4.13. The zero-order valence-electron chi connectivity index (χ0n) is 18.1. The molecule has 0 aliphatic heterocycles. The van der Waals surface area contributed by atoms with E-state index in [1.807, 2.05) is 30.3 Å². The first kappa shape index (κ1) is 21.1. The van der Waals surface area contributed by atoms with Crippen molar-refractivity contribution in [2.45, 2.75) is 13.3 Å². The van der Waals surface area contributed by atoms with E-state index in [0.29, 0.717) is 33.8 Å². The number of aryl methyl sites for hydroxylation is 3. The number of carbonyl (C=O) groups excluding carboxylic acids is 1. The Bertz CT molecular complexity index is 1420. The first-order valence-corrected chi connectivity index (χ1v) is 10.3. The number of aromatic nitrogens is 2. The summed E-state index contributed by atoms with van der Waals surface area (Å²) in [5, 5.41) is 2.89. The number of benzene rings is 3. The second-order valence-electron chi connectivity index (χ2n) is 7.49. The van der Waals surface area contributed by atoms with Crippen LogP contribution in [0.4, 0.5) is 5.69 Å². The number of nitrogens with zero attached hydrogens (tertiary/aromatic N) is 2. The highest BCUT2D eigenvalue weighted by Gasteiger charge is 2.16. The molecule has 1 aromatic heterocycles.